The molecule has 1 aliphatic heterocycles. The Labute approximate surface area is 238 Å². The predicted octanol–water partition coefficient (Wildman–Crippen LogP) is 5.97. The quantitative estimate of drug-likeness (QED) is 0.296. The van der Waals surface area contributed by atoms with Gasteiger partial charge in [0.15, 0.2) is 0 Å². The van der Waals surface area contributed by atoms with Crippen molar-refractivity contribution in [2.75, 3.05) is 20.1 Å². The van der Waals surface area contributed by atoms with Crippen molar-refractivity contribution in [1.29, 1.82) is 0 Å². The molecule has 0 N–H and O–H groups in total. The molecule has 3 amide bonds. The Morgan fingerprint density at radius 3 is 2.52 bits per heavy atom. The van der Waals surface area contributed by atoms with Crippen LogP contribution < -0.4 is 0 Å². The van der Waals surface area contributed by atoms with Crippen molar-refractivity contribution in [2.24, 2.45) is 10.9 Å². The van der Waals surface area contributed by atoms with Crippen molar-refractivity contribution in [3.8, 4) is 11.3 Å². The summed E-state index contributed by atoms with van der Waals surface area (Å²) in [5.41, 5.74) is 2.76. The number of esters is 1. The van der Waals surface area contributed by atoms with E-state index in [1.165, 1.54) is 0 Å². The van der Waals surface area contributed by atoms with Crippen LogP contribution in [0.15, 0.2) is 64.1 Å². The molecule has 4 rings (SSSR count). The van der Waals surface area contributed by atoms with Crippen LogP contribution in [0.2, 0.25) is 5.02 Å². The van der Waals surface area contributed by atoms with Crippen molar-refractivity contribution in [1.82, 2.24) is 15.0 Å². The van der Waals surface area contributed by atoms with E-state index in [4.69, 9.17) is 20.9 Å². The van der Waals surface area contributed by atoms with Crippen molar-refractivity contribution < 1.29 is 23.6 Å². The molecule has 1 aromatic heterocycles. The summed E-state index contributed by atoms with van der Waals surface area (Å²) in [6.45, 7) is 7.52. The normalized spacial score (nSPS) is 17.1. The lowest BCUT2D eigenvalue weighted by Gasteiger charge is -2.39. The number of halogens is 1. The lowest BCUT2D eigenvalue weighted by Crippen LogP contribution is -2.48. The van der Waals surface area contributed by atoms with Crippen LogP contribution in [0.1, 0.15) is 54.9 Å². The summed E-state index contributed by atoms with van der Waals surface area (Å²) in [5.74, 6) is -1.05. The molecule has 2 unspecified atom stereocenters. The lowest BCUT2D eigenvalue weighted by molar-refractivity contribution is -0.151. The Hall–Kier alpha value is -3.98. The van der Waals surface area contributed by atoms with Crippen molar-refractivity contribution in [2.45, 2.75) is 46.3 Å². The Balaban J connectivity index is 1.54. The fourth-order valence-corrected chi connectivity index (χ4v) is 5.10. The second-order valence-corrected chi connectivity index (χ2v) is 10.5. The number of aliphatic imine (C=N–C) groups is 1. The van der Waals surface area contributed by atoms with Gasteiger partial charge in [0.1, 0.15) is 22.9 Å². The van der Waals surface area contributed by atoms with Crippen LogP contribution in [-0.2, 0) is 9.53 Å². The van der Waals surface area contributed by atoms with Crippen LogP contribution >= 0.6 is 11.6 Å². The van der Waals surface area contributed by atoms with Gasteiger partial charge in [-0.15, -0.1) is 0 Å². The summed E-state index contributed by atoms with van der Waals surface area (Å²) < 4.78 is 10.9. The van der Waals surface area contributed by atoms with Gasteiger partial charge < -0.3 is 19.1 Å². The monoisotopic (exact) mass is 564 g/mol. The highest BCUT2D eigenvalue weighted by Gasteiger charge is 2.43. The molecule has 9 nitrogen and oxygen atoms in total. The van der Waals surface area contributed by atoms with E-state index in [2.05, 4.69) is 10.1 Å². The summed E-state index contributed by atoms with van der Waals surface area (Å²) in [7, 11) is 1.70. The van der Waals surface area contributed by atoms with Crippen molar-refractivity contribution in [3.63, 3.8) is 0 Å². The molecule has 2 atom stereocenters. The summed E-state index contributed by atoms with van der Waals surface area (Å²) in [5, 5.41) is 4.60. The second kappa shape index (κ2) is 12.5. The van der Waals surface area contributed by atoms with Gasteiger partial charge >= 0.3 is 12.0 Å². The van der Waals surface area contributed by atoms with E-state index in [0.717, 1.165) is 5.56 Å². The van der Waals surface area contributed by atoms with Gasteiger partial charge in [0, 0.05) is 36.4 Å². The molecule has 0 bridgehead atoms. The third-order valence-electron chi connectivity index (χ3n) is 6.78. The fourth-order valence-electron chi connectivity index (χ4n) is 4.90. The minimum atomic E-state index is -0.786. The molecule has 0 saturated carbocycles. The Kier molecular flexibility index (Phi) is 9.04. The molecule has 10 heteroatoms. The number of urea groups is 1. The molecule has 0 fully saturated rings. The van der Waals surface area contributed by atoms with E-state index in [-0.39, 0.29) is 18.6 Å². The number of amides is 3. The zero-order valence-corrected chi connectivity index (χ0v) is 24.0. The van der Waals surface area contributed by atoms with E-state index in [0.29, 0.717) is 46.3 Å². The van der Waals surface area contributed by atoms with Crippen molar-refractivity contribution in [3.05, 3.63) is 76.5 Å². The first-order chi connectivity index (χ1) is 19.1. The molecule has 0 spiro atoms. The predicted molar refractivity (Wildman–Crippen MR) is 152 cm³/mol. The molecular formula is C30H33ClN4O5. The van der Waals surface area contributed by atoms with Gasteiger partial charge in [0.25, 0.3) is 5.91 Å². The largest absolute Gasteiger partial charge is 0.462 e. The van der Waals surface area contributed by atoms with Crippen LogP contribution in [-0.4, -0.2) is 64.8 Å². The Bertz CT molecular complexity index is 1420. The molecule has 2 heterocycles. The first-order valence-corrected chi connectivity index (χ1v) is 13.5. The molecule has 40 heavy (non-hydrogen) atoms. The van der Waals surface area contributed by atoms with Crippen LogP contribution in [0.5, 0.6) is 0 Å². The maximum Gasteiger partial charge on any atom is 0.344 e. The Morgan fingerprint density at radius 2 is 1.85 bits per heavy atom. The third-order valence-corrected chi connectivity index (χ3v) is 7.01. The van der Waals surface area contributed by atoms with Gasteiger partial charge in [-0.1, -0.05) is 59.2 Å². The number of benzene rings is 2. The second-order valence-electron chi connectivity index (χ2n) is 10.1. The number of rotatable bonds is 9. The maximum atomic E-state index is 13.4. The van der Waals surface area contributed by atoms with Crippen LogP contribution in [0.25, 0.3) is 11.3 Å². The van der Waals surface area contributed by atoms with Gasteiger partial charge in [-0.2, -0.15) is 0 Å². The highest BCUT2D eigenvalue weighted by atomic mass is 35.5. The van der Waals surface area contributed by atoms with E-state index in [1.807, 2.05) is 36.4 Å². The minimum Gasteiger partial charge on any atom is -0.462 e. The number of aryl methyl sites for hydroxylation is 1. The van der Waals surface area contributed by atoms with Crippen LogP contribution in [0.4, 0.5) is 4.79 Å². The number of carbonyl (C=O) groups is 3. The summed E-state index contributed by atoms with van der Waals surface area (Å²) >= 11 is 6.29. The average molecular weight is 565 g/mol. The zero-order valence-electron chi connectivity index (χ0n) is 23.3. The smallest absolute Gasteiger partial charge is 0.344 e. The molecule has 0 saturated heterocycles. The highest BCUT2D eigenvalue weighted by molar-refractivity contribution is 6.30. The molecule has 210 valence electrons. The third kappa shape index (κ3) is 6.25. The zero-order chi connectivity index (χ0) is 29.0. The van der Waals surface area contributed by atoms with Gasteiger partial charge in [0.2, 0.25) is 0 Å². The SMILES string of the molecule is CC1=NC(=O)N(CCCN(C)C(=O)c2c(-c3ccccc3)noc2C)C(c2cccc(Cl)c2)C1C(=O)OC(C)C. The number of hydrogen-bond donors (Lipinski definition) is 0. The van der Waals surface area contributed by atoms with Crippen LogP contribution in [0, 0.1) is 12.8 Å². The molecule has 0 aliphatic carbocycles. The van der Waals surface area contributed by atoms with Crippen LogP contribution in [0.3, 0.4) is 0 Å². The van der Waals surface area contributed by atoms with E-state index in [1.54, 1.807) is 62.7 Å². The van der Waals surface area contributed by atoms with Crippen molar-refractivity contribution >= 4 is 35.2 Å². The fraction of sp³-hybridized carbons (Fsp3) is 0.367. The lowest BCUT2D eigenvalue weighted by atomic mass is 9.86. The first kappa shape index (κ1) is 29.0. The highest BCUT2D eigenvalue weighted by Crippen LogP contribution is 2.36. The number of carbonyl (C=O) groups excluding carboxylic acids is 3. The molecule has 2 aromatic carbocycles. The minimum absolute atomic E-state index is 0.235. The molecule has 0 radical (unpaired) electrons. The standard InChI is InChI=1S/C30H33ClN4O5/c1-18(2)39-29(37)24-19(3)32-30(38)35(27(24)22-13-9-14-23(31)17-22)16-10-15-34(5)28(36)25-20(4)40-33-26(25)21-11-7-6-8-12-21/h6-9,11-14,17-18,24,27H,10,15-16H2,1-5H3. The van der Waals surface area contributed by atoms with E-state index < -0.39 is 24.0 Å². The maximum absolute atomic E-state index is 13.4. The van der Waals surface area contributed by atoms with E-state index in [9.17, 15) is 14.4 Å². The van der Waals surface area contributed by atoms with E-state index >= 15 is 0 Å². The number of ether oxygens (including phenoxy) is 1. The number of aromatic nitrogens is 1. The first-order valence-electron chi connectivity index (χ1n) is 13.2. The van der Waals surface area contributed by atoms with Gasteiger partial charge in [-0.25, -0.2) is 9.79 Å². The molecule has 1 aliphatic rings. The van der Waals surface area contributed by atoms with Gasteiger partial charge in [-0.3, -0.25) is 9.59 Å². The summed E-state index contributed by atoms with van der Waals surface area (Å²) in [6.07, 6.45) is 0.115. The molecule has 3 aromatic rings. The number of hydrogen-bond acceptors (Lipinski definition) is 6. The van der Waals surface area contributed by atoms with Gasteiger partial charge in [-0.05, 0) is 51.8 Å². The summed E-state index contributed by atoms with van der Waals surface area (Å²) in [4.78, 5) is 47.1. The topological polar surface area (TPSA) is 105 Å². The van der Waals surface area contributed by atoms with Gasteiger partial charge in [0.05, 0.1) is 12.1 Å². The average Bonchev–Trinajstić information content (AvgIpc) is 3.30. The Morgan fingerprint density at radius 1 is 1.12 bits per heavy atom. The number of nitrogens with zero attached hydrogens (tertiary/aromatic N) is 4. The summed E-state index contributed by atoms with van der Waals surface area (Å²) in [6, 6.07) is 15.4. The molecular weight excluding hydrogens is 532 g/mol.